The number of amides is 1. The predicted octanol–water partition coefficient (Wildman–Crippen LogP) is 2.38. The van der Waals surface area contributed by atoms with Crippen LogP contribution < -0.4 is 10.1 Å². The number of methoxy groups -OCH3 is 1. The molecule has 6 heteroatoms. The normalized spacial score (nSPS) is 10.3. The van der Waals surface area contributed by atoms with Gasteiger partial charge in [0.05, 0.1) is 12.2 Å². The van der Waals surface area contributed by atoms with Gasteiger partial charge in [-0.15, -0.1) is 0 Å². The molecule has 0 radical (unpaired) electrons. The molecule has 0 aromatic heterocycles. The summed E-state index contributed by atoms with van der Waals surface area (Å²) in [5.41, 5.74) is 1.77. The Morgan fingerprint density at radius 3 is 2.20 bits per heavy atom. The van der Waals surface area contributed by atoms with E-state index in [1.807, 2.05) is 0 Å². The molecule has 0 aliphatic heterocycles. The molecule has 0 atom stereocenters. The Morgan fingerprint density at radius 2 is 1.60 bits per heavy atom. The van der Waals surface area contributed by atoms with Gasteiger partial charge in [-0.25, -0.2) is 4.79 Å². The number of nitrogens with one attached hydrogen (secondary N) is 1. The zero-order valence-corrected chi connectivity index (χ0v) is 14.0. The van der Waals surface area contributed by atoms with E-state index in [1.54, 1.807) is 55.6 Å². The highest BCUT2D eigenvalue weighted by molar-refractivity contribution is 5.94. The summed E-state index contributed by atoms with van der Waals surface area (Å²) in [6.07, 6.45) is 0.629. The van der Waals surface area contributed by atoms with Crippen LogP contribution in [0.2, 0.25) is 0 Å². The first-order chi connectivity index (χ1) is 12.1. The molecule has 0 bridgehead atoms. The summed E-state index contributed by atoms with van der Waals surface area (Å²) in [6.45, 7) is 1.44. The fourth-order valence-corrected chi connectivity index (χ4v) is 2.18. The Hall–Kier alpha value is -2.86. The second-order valence-electron chi connectivity index (χ2n) is 5.37. The Bertz CT molecular complexity index is 695. The molecule has 2 rings (SSSR count). The molecule has 2 aromatic carbocycles. The van der Waals surface area contributed by atoms with Crippen LogP contribution in [-0.4, -0.2) is 43.9 Å². The zero-order chi connectivity index (χ0) is 18.1. The fraction of sp³-hybridized carbons (Fsp3) is 0.263. The molecule has 0 fully saturated rings. The molecule has 0 aliphatic rings. The third-order valence-electron chi connectivity index (χ3n) is 3.57. The first-order valence-corrected chi connectivity index (χ1v) is 7.92. The number of carbonyl (C=O) groups excluding carboxylic acids is 1. The first kappa shape index (κ1) is 18.5. The summed E-state index contributed by atoms with van der Waals surface area (Å²) in [4.78, 5) is 22.9. The summed E-state index contributed by atoms with van der Waals surface area (Å²) in [5.74, 6) is -0.424. The molecule has 0 saturated heterocycles. The van der Waals surface area contributed by atoms with Gasteiger partial charge in [0.15, 0.2) is 0 Å². The van der Waals surface area contributed by atoms with E-state index in [2.05, 4.69) is 5.32 Å². The van der Waals surface area contributed by atoms with Crippen molar-refractivity contribution in [2.24, 2.45) is 0 Å². The van der Waals surface area contributed by atoms with E-state index < -0.39 is 5.97 Å². The maximum atomic E-state index is 12.1. The van der Waals surface area contributed by atoms with Crippen LogP contribution in [-0.2, 0) is 11.2 Å². The van der Waals surface area contributed by atoms with Gasteiger partial charge in [0.25, 0.3) is 5.91 Å². The summed E-state index contributed by atoms with van der Waals surface area (Å²) in [6, 6.07) is 13.5. The van der Waals surface area contributed by atoms with Gasteiger partial charge in [-0.1, -0.05) is 12.1 Å². The van der Waals surface area contributed by atoms with E-state index in [-0.39, 0.29) is 11.5 Å². The van der Waals surface area contributed by atoms with Gasteiger partial charge in [-0.2, -0.15) is 0 Å². The highest BCUT2D eigenvalue weighted by Gasteiger charge is 2.06. The Morgan fingerprint density at radius 1 is 0.960 bits per heavy atom. The van der Waals surface area contributed by atoms with Crippen molar-refractivity contribution in [1.82, 2.24) is 5.32 Å². The molecule has 0 heterocycles. The van der Waals surface area contributed by atoms with Crippen molar-refractivity contribution in [2.75, 3.05) is 26.9 Å². The van der Waals surface area contributed by atoms with Crippen molar-refractivity contribution < 1.29 is 24.2 Å². The molecule has 132 valence electrons. The van der Waals surface area contributed by atoms with Gasteiger partial charge in [0, 0.05) is 19.2 Å². The minimum atomic E-state index is -0.950. The lowest BCUT2D eigenvalue weighted by molar-refractivity contribution is 0.0696. The van der Waals surface area contributed by atoms with E-state index in [0.717, 1.165) is 5.56 Å². The number of aromatic carboxylic acids is 1. The second-order valence-corrected chi connectivity index (χ2v) is 5.37. The molecule has 6 nitrogen and oxygen atoms in total. The minimum absolute atomic E-state index is 0.161. The number of carboxylic acid groups (broad SMARTS) is 1. The standard InChI is InChI=1S/C19H21NO5/c1-24-12-13-25-17-8-6-15(7-9-17)18(21)20-11-10-14-2-4-16(5-3-14)19(22)23/h2-9H,10-13H2,1H3,(H,20,21)(H,22,23). The molecule has 2 N–H and O–H groups in total. The van der Waals surface area contributed by atoms with Crippen LogP contribution in [0.5, 0.6) is 5.75 Å². The van der Waals surface area contributed by atoms with E-state index in [4.69, 9.17) is 14.6 Å². The largest absolute Gasteiger partial charge is 0.491 e. The molecule has 0 saturated carbocycles. The summed E-state index contributed by atoms with van der Waals surface area (Å²) < 4.78 is 10.4. The summed E-state index contributed by atoms with van der Waals surface area (Å²) in [5, 5.41) is 11.7. The van der Waals surface area contributed by atoms with Gasteiger partial charge in [-0.05, 0) is 48.4 Å². The fourth-order valence-electron chi connectivity index (χ4n) is 2.18. The second kappa shape index (κ2) is 9.44. The van der Waals surface area contributed by atoms with Crippen LogP contribution in [0.1, 0.15) is 26.3 Å². The maximum absolute atomic E-state index is 12.1. The molecular weight excluding hydrogens is 322 g/mol. The molecular formula is C19H21NO5. The van der Waals surface area contributed by atoms with E-state index in [0.29, 0.717) is 37.5 Å². The monoisotopic (exact) mass is 343 g/mol. The quantitative estimate of drug-likeness (QED) is 0.683. The molecule has 1 amide bonds. The van der Waals surface area contributed by atoms with Crippen LogP contribution in [0.3, 0.4) is 0 Å². The highest BCUT2D eigenvalue weighted by atomic mass is 16.5. The van der Waals surface area contributed by atoms with Crippen LogP contribution in [0.25, 0.3) is 0 Å². The van der Waals surface area contributed by atoms with E-state index in [9.17, 15) is 9.59 Å². The lowest BCUT2D eigenvalue weighted by atomic mass is 10.1. The smallest absolute Gasteiger partial charge is 0.335 e. The third-order valence-corrected chi connectivity index (χ3v) is 3.57. The number of ether oxygens (including phenoxy) is 2. The average molecular weight is 343 g/mol. The zero-order valence-electron chi connectivity index (χ0n) is 14.0. The average Bonchev–Trinajstić information content (AvgIpc) is 2.63. The van der Waals surface area contributed by atoms with Crippen molar-refractivity contribution >= 4 is 11.9 Å². The number of rotatable bonds is 9. The van der Waals surface area contributed by atoms with Crippen molar-refractivity contribution in [2.45, 2.75) is 6.42 Å². The molecule has 0 aliphatic carbocycles. The summed E-state index contributed by atoms with van der Waals surface area (Å²) >= 11 is 0. The van der Waals surface area contributed by atoms with Crippen LogP contribution in [0.4, 0.5) is 0 Å². The number of carboxylic acids is 1. The van der Waals surface area contributed by atoms with Gasteiger partial charge >= 0.3 is 5.97 Å². The van der Waals surface area contributed by atoms with Crippen molar-refractivity contribution in [1.29, 1.82) is 0 Å². The lowest BCUT2D eigenvalue weighted by Crippen LogP contribution is -2.25. The van der Waals surface area contributed by atoms with E-state index >= 15 is 0 Å². The van der Waals surface area contributed by atoms with Gasteiger partial charge in [0.2, 0.25) is 0 Å². The third kappa shape index (κ3) is 5.93. The number of carbonyl (C=O) groups is 2. The Kier molecular flexibility index (Phi) is 6.98. The molecule has 0 spiro atoms. The van der Waals surface area contributed by atoms with Gasteiger partial charge in [-0.3, -0.25) is 4.79 Å². The molecule has 2 aromatic rings. The number of benzene rings is 2. The highest BCUT2D eigenvalue weighted by Crippen LogP contribution is 2.12. The van der Waals surface area contributed by atoms with Crippen LogP contribution in [0.15, 0.2) is 48.5 Å². The summed E-state index contributed by atoms with van der Waals surface area (Å²) in [7, 11) is 1.61. The van der Waals surface area contributed by atoms with Crippen molar-refractivity contribution in [3.63, 3.8) is 0 Å². The van der Waals surface area contributed by atoms with Gasteiger partial charge < -0.3 is 19.9 Å². The molecule has 25 heavy (non-hydrogen) atoms. The first-order valence-electron chi connectivity index (χ1n) is 7.92. The lowest BCUT2D eigenvalue weighted by Gasteiger charge is -2.08. The van der Waals surface area contributed by atoms with E-state index in [1.165, 1.54) is 0 Å². The Balaban J connectivity index is 1.78. The predicted molar refractivity (Wildman–Crippen MR) is 93.3 cm³/mol. The molecule has 0 unspecified atom stereocenters. The van der Waals surface area contributed by atoms with Crippen LogP contribution in [0, 0.1) is 0 Å². The maximum Gasteiger partial charge on any atom is 0.335 e. The minimum Gasteiger partial charge on any atom is -0.491 e. The van der Waals surface area contributed by atoms with Crippen molar-refractivity contribution in [3.8, 4) is 5.75 Å². The number of hydrogen-bond acceptors (Lipinski definition) is 4. The van der Waals surface area contributed by atoms with Crippen molar-refractivity contribution in [3.05, 3.63) is 65.2 Å². The SMILES string of the molecule is COCCOc1ccc(C(=O)NCCc2ccc(C(=O)O)cc2)cc1. The number of hydrogen-bond donors (Lipinski definition) is 2. The van der Waals surface area contributed by atoms with Crippen LogP contribution >= 0.6 is 0 Å². The van der Waals surface area contributed by atoms with Gasteiger partial charge in [0.1, 0.15) is 12.4 Å². The Labute approximate surface area is 146 Å². The topological polar surface area (TPSA) is 84.9 Å².